The molecule has 0 saturated carbocycles. The molecular formula is C18H24O6. The number of carbonyl (C=O) groups excluding carboxylic acids is 3. The summed E-state index contributed by atoms with van der Waals surface area (Å²) in [6, 6.07) is 8.72. The summed E-state index contributed by atoms with van der Waals surface area (Å²) in [6.07, 6.45) is 2.35. The second-order valence-electron chi connectivity index (χ2n) is 5.34. The molecule has 0 fully saturated rings. The van der Waals surface area contributed by atoms with Crippen molar-refractivity contribution in [3.63, 3.8) is 0 Å². The molecule has 6 heteroatoms. The van der Waals surface area contributed by atoms with Gasteiger partial charge in [0, 0.05) is 19.8 Å². The molecule has 0 aromatic heterocycles. The number of methoxy groups -OCH3 is 1. The van der Waals surface area contributed by atoms with E-state index in [1.165, 1.54) is 14.0 Å². The van der Waals surface area contributed by atoms with Crippen molar-refractivity contribution in [1.82, 2.24) is 0 Å². The number of hydrogen-bond acceptors (Lipinski definition) is 6. The minimum absolute atomic E-state index is 0.194. The second-order valence-corrected chi connectivity index (χ2v) is 5.34. The van der Waals surface area contributed by atoms with Gasteiger partial charge in [0.15, 0.2) is 0 Å². The van der Waals surface area contributed by atoms with E-state index >= 15 is 0 Å². The smallest absolute Gasteiger partial charge is 0.338 e. The topological polar surface area (TPSA) is 78.9 Å². The lowest BCUT2D eigenvalue weighted by atomic mass is 10.1. The molecule has 0 heterocycles. The van der Waals surface area contributed by atoms with Crippen LogP contribution >= 0.6 is 0 Å². The number of hydrogen-bond donors (Lipinski definition) is 0. The maximum Gasteiger partial charge on any atom is 0.338 e. The van der Waals surface area contributed by atoms with E-state index in [2.05, 4.69) is 4.74 Å². The average Bonchev–Trinajstić information content (AvgIpc) is 2.58. The molecule has 0 amide bonds. The predicted octanol–water partition coefficient (Wildman–Crippen LogP) is 2.90. The summed E-state index contributed by atoms with van der Waals surface area (Å²) in [5.41, 5.74) is 0.476. The summed E-state index contributed by atoms with van der Waals surface area (Å²) >= 11 is 0. The van der Waals surface area contributed by atoms with Crippen molar-refractivity contribution in [2.45, 2.75) is 45.1 Å². The molecule has 0 saturated heterocycles. The lowest BCUT2D eigenvalue weighted by Crippen LogP contribution is -2.21. The molecular weight excluding hydrogens is 312 g/mol. The zero-order valence-electron chi connectivity index (χ0n) is 14.2. The van der Waals surface area contributed by atoms with Gasteiger partial charge in [0.1, 0.15) is 6.10 Å². The number of unbranched alkanes of at least 4 members (excludes halogenated alkanes) is 1. The van der Waals surface area contributed by atoms with Crippen molar-refractivity contribution in [2.24, 2.45) is 0 Å². The van der Waals surface area contributed by atoms with Crippen molar-refractivity contribution in [1.29, 1.82) is 0 Å². The lowest BCUT2D eigenvalue weighted by molar-refractivity contribution is -0.142. The van der Waals surface area contributed by atoms with Crippen molar-refractivity contribution in [3.05, 3.63) is 35.9 Å². The first-order chi connectivity index (χ1) is 11.5. The summed E-state index contributed by atoms with van der Waals surface area (Å²) in [5.74, 6) is -1.03. The minimum Gasteiger partial charge on any atom is -0.469 e. The van der Waals surface area contributed by atoms with Gasteiger partial charge in [-0.1, -0.05) is 18.2 Å². The molecule has 0 spiro atoms. The number of esters is 3. The zero-order valence-corrected chi connectivity index (χ0v) is 14.2. The number of rotatable bonds is 10. The van der Waals surface area contributed by atoms with Gasteiger partial charge in [0.05, 0.1) is 19.3 Å². The van der Waals surface area contributed by atoms with Crippen molar-refractivity contribution in [3.8, 4) is 0 Å². The molecule has 1 atom stereocenters. The maximum atomic E-state index is 12.1. The maximum absolute atomic E-state index is 12.1. The monoisotopic (exact) mass is 336 g/mol. The second kappa shape index (κ2) is 11.2. The van der Waals surface area contributed by atoms with Crippen LogP contribution in [0.15, 0.2) is 30.3 Å². The van der Waals surface area contributed by atoms with Gasteiger partial charge in [-0.15, -0.1) is 0 Å². The minimum atomic E-state index is -0.406. The first-order valence-electron chi connectivity index (χ1n) is 7.99. The molecule has 0 aliphatic carbocycles. The number of ether oxygens (including phenoxy) is 3. The highest BCUT2D eigenvalue weighted by atomic mass is 16.6. The van der Waals surface area contributed by atoms with Crippen LogP contribution in [0.4, 0.5) is 0 Å². The fourth-order valence-corrected chi connectivity index (χ4v) is 2.13. The van der Waals surface area contributed by atoms with Crippen LogP contribution in [0.2, 0.25) is 0 Å². The van der Waals surface area contributed by atoms with E-state index in [9.17, 15) is 14.4 Å². The Balaban J connectivity index is 2.48. The van der Waals surface area contributed by atoms with E-state index in [1.807, 2.05) is 6.07 Å². The fourth-order valence-electron chi connectivity index (χ4n) is 2.13. The van der Waals surface area contributed by atoms with Crippen LogP contribution in [-0.2, 0) is 23.8 Å². The van der Waals surface area contributed by atoms with Gasteiger partial charge < -0.3 is 14.2 Å². The molecule has 0 radical (unpaired) electrons. The van der Waals surface area contributed by atoms with Gasteiger partial charge in [0.2, 0.25) is 0 Å². The predicted molar refractivity (Wildman–Crippen MR) is 87.4 cm³/mol. The van der Waals surface area contributed by atoms with Crippen LogP contribution in [0.5, 0.6) is 0 Å². The van der Waals surface area contributed by atoms with Crippen LogP contribution in [0.3, 0.4) is 0 Å². The third kappa shape index (κ3) is 8.31. The molecule has 0 aliphatic heterocycles. The van der Waals surface area contributed by atoms with E-state index in [0.717, 1.165) is 0 Å². The summed E-state index contributed by atoms with van der Waals surface area (Å²) in [6.45, 7) is 1.53. The summed E-state index contributed by atoms with van der Waals surface area (Å²) in [4.78, 5) is 34.1. The first kappa shape index (κ1) is 19.7. The molecule has 0 bridgehead atoms. The molecule has 0 unspecified atom stereocenters. The summed E-state index contributed by atoms with van der Waals surface area (Å²) in [5, 5.41) is 0. The lowest BCUT2D eigenvalue weighted by Gasteiger charge is -2.18. The Morgan fingerprint density at radius 1 is 1.04 bits per heavy atom. The Kier molecular flexibility index (Phi) is 9.19. The Bertz CT molecular complexity index is 526. The van der Waals surface area contributed by atoms with Crippen LogP contribution < -0.4 is 0 Å². The van der Waals surface area contributed by atoms with Crippen LogP contribution in [0, 0.1) is 0 Å². The van der Waals surface area contributed by atoms with Crippen LogP contribution in [-0.4, -0.2) is 37.7 Å². The Hall–Kier alpha value is -2.37. The van der Waals surface area contributed by atoms with Crippen molar-refractivity contribution < 1.29 is 28.6 Å². The van der Waals surface area contributed by atoms with Crippen molar-refractivity contribution in [2.75, 3.05) is 13.7 Å². The van der Waals surface area contributed by atoms with E-state index in [-0.39, 0.29) is 24.6 Å². The molecule has 0 aliphatic rings. The Morgan fingerprint density at radius 3 is 2.38 bits per heavy atom. The Labute approximate surface area is 142 Å². The third-order valence-corrected chi connectivity index (χ3v) is 3.41. The Morgan fingerprint density at radius 2 is 1.75 bits per heavy atom. The average molecular weight is 336 g/mol. The van der Waals surface area contributed by atoms with E-state index in [4.69, 9.17) is 9.47 Å². The van der Waals surface area contributed by atoms with E-state index in [0.29, 0.717) is 37.7 Å². The highest BCUT2D eigenvalue weighted by Gasteiger charge is 2.16. The van der Waals surface area contributed by atoms with Crippen molar-refractivity contribution >= 4 is 17.9 Å². The first-order valence-corrected chi connectivity index (χ1v) is 7.99. The quantitative estimate of drug-likeness (QED) is 0.371. The fraction of sp³-hybridized carbons (Fsp3) is 0.500. The van der Waals surface area contributed by atoms with Gasteiger partial charge in [-0.3, -0.25) is 9.59 Å². The van der Waals surface area contributed by atoms with Crippen LogP contribution in [0.1, 0.15) is 49.4 Å². The molecule has 24 heavy (non-hydrogen) atoms. The van der Waals surface area contributed by atoms with Crippen LogP contribution in [0.25, 0.3) is 0 Å². The highest BCUT2D eigenvalue weighted by molar-refractivity contribution is 5.89. The van der Waals surface area contributed by atoms with E-state index in [1.54, 1.807) is 24.3 Å². The molecule has 132 valence electrons. The summed E-state index contributed by atoms with van der Waals surface area (Å²) in [7, 11) is 1.35. The molecule has 1 rings (SSSR count). The number of carbonyl (C=O) groups is 3. The SMILES string of the molecule is COC(=O)CCCC[C@H](CCOC(C)=O)OC(=O)c1ccccc1. The van der Waals surface area contributed by atoms with Gasteiger partial charge in [0.25, 0.3) is 0 Å². The van der Waals surface area contributed by atoms with Gasteiger partial charge in [-0.2, -0.15) is 0 Å². The normalized spacial score (nSPS) is 11.4. The standard InChI is InChI=1S/C18H24O6/c1-14(19)23-13-12-16(10-6-7-11-17(20)22-2)24-18(21)15-8-4-3-5-9-15/h3-5,8-9,16H,6-7,10-13H2,1-2H3/t16-/m1/s1. The van der Waals surface area contributed by atoms with E-state index < -0.39 is 5.97 Å². The molecule has 1 aromatic rings. The molecule has 6 nitrogen and oxygen atoms in total. The summed E-state index contributed by atoms with van der Waals surface area (Å²) < 4.78 is 15.0. The van der Waals surface area contributed by atoms with Gasteiger partial charge in [-0.25, -0.2) is 4.79 Å². The van der Waals surface area contributed by atoms with Gasteiger partial charge in [-0.05, 0) is 31.4 Å². The molecule has 1 aromatic carbocycles. The number of benzene rings is 1. The van der Waals surface area contributed by atoms with Gasteiger partial charge >= 0.3 is 17.9 Å². The highest BCUT2D eigenvalue weighted by Crippen LogP contribution is 2.14. The molecule has 0 N–H and O–H groups in total. The largest absolute Gasteiger partial charge is 0.469 e. The zero-order chi connectivity index (χ0) is 17.8. The third-order valence-electron chi connectivity index (χ3n) is 3.41.